The van der Waals surface area contributed by atoms with Crippen molar-refractivity contribution >= 4 is 0 Å². The molecule has 0 aliphatic heterocycles. The van der Waals surface area contributed by atoms with Crippen LogP contribution in [-0.4, -0.2) is 23.5 Å². The van der Waals surface area contributed by atoms with Gasteiger partial charge in [-0.15, -0.1) is 0 Å². The maximum absolute atomic E-state index is 5.63. The quantitative estimate of drug-likeness (QED) is 0.851. The molecule has 0 radical (unpaired) electrons. The summed E-state index contributed by atoms with van der Waals surface area (Å²) >= 11 is 0. The Balaban J connectivity index is 2.18. The molecule has 2 rings (SSSR count). The van der Waals surface area contributed by atoms with Crippen molar-refractivity contribution < 1.29 is 4.74 Å². The number of aromatic nitrogens is 2. The third-order valence-electron chi connectivity index (χ3n) is 2.65. The Bertz CT molecular complexity index is 479. The Morgan fingerprint density at radius 2 is 2.24 bits per heavy atom. The third kappa shape index (κ3) is 2.93. The lowest BCUT2D eigenvalue weighted by Gasteiger charge is -2.01. The molecule has 2 N–H and O–H groups in total. The van der Waals surface area contributed by atoms with E-state index >= 15 is 0 Å². The van der Waals surface area contributed by atoms with Crippen molar-refractivity contribution in [2.75, 3.05) is 13.7 Å². The minimum Gasteiger partial charge on any atom is -0.383 e. The van der Waals surface area contributed by atoms with Gasteiger partial charge in [-0.3, -0.25) is 4.68 Å². The molecule has 17 heavy (non-hydrogen) atoms. The first-order valence-corrected chi connectivity index (χ1v) is 5.64. The van der Waals surface area contributed by atoms with Crippen molar-refractivity contribution in [1.82, 2.24) is 9.78 Å². The fraction of sp³-hybridized carbons (Fsp3) is 0.308. The van der Waals surface area contributed by atoms with E-state index in [0.29, 0.717) is 13.2 Å². The number of ether oxygens (including phenoxy) is 1. The summed E-state index contributed by atoms with van der Waals surface area (Å²) in [5.41, 5.74) is 9.02. The van der Waals surface area contributed by atoms with Gasteiger partial charge in [-0.25, -0.2) is 0 Å². The van der Waals surface area contributed by atoms with Gasteiger partial charge in [-0.1, -0.05) is 18.2 Å². The van der Waals surface area contributed by atoms with Crippen LogP contribution in [0.25, 0.3) is 11.1 Å². The van der Waals surface area contributed by atoms with E-state index in [2.05, 4.69) is 17.2 Å². The van der Waals surface area contributed by atoms with E-state index in [1.54, 1.807) is 7.11 Å². The van der Waals surface area contributed by atoms with Crippen molar-refractivity contribution in [3.63, 3.8) is 0 Å². The van der Waals surface area contributed by atoms with E-state index in [1.807, 2.05) is 29.2 Å². The average Bonchev–Trinajstić information content (AvgIpc) is 2.85. The molecule has 0 saturated carbocycles. The standard InChI is InChI=1S/C13H17N3O/c1-17-6-5-16-10-13(9-15-16)12-4-2-3-11(7-12)8-14/h2-4,7,9-10H,5-6,8,14H2,1H3. The van der Waals surface area contributed by atoms with Gasteiger partial charge in [0.2, 0.25) is 0 Å². The molecule has 0 unspecified atom stereocenters. The second-order valence-corrected chi connectivity index (χ2v) is 3.89. The number of hydrogen-bond acceptors (Lipinski definition) is 3. The van der Waals surface area contributed by atoms with E-state index in [4.69, 9.17) is 10.5 Å². The summed E-state index contributed by atoms with van der Waals surface area (Å²) < 4.78 is 6.90. The van der Waals surface area contributed by atoms with Crippen LogP contribution in [0, 0.1) is 0 Å². The SMILES string of the molecule is COCCn1cc(-c2cccc(CN)c2)cn1. The maximum atomic E-state index is 5.63. The van der Waals surface area contributed by atoms with E-state index in [1.165, 1.54) is 0 Å². The fourth-order valence-electron chi connectivity index (χ4n) is 1.70. The minimum atomic E-state index is 0.561. The molecular weight excluding hydrogens is 214 g/mol. The summed E-state index contributed by atoms with van der Waals surface area (Å²) in [7, 11) is 1.69. The van der Waals surface area contributed by atoms with Crippen LogP contribution in [-0.2, 0) is 17.8 Å². The summed E-state index contributed by atoms with van der Waals surface area (Å²) in [6.07, 6.45) is 3.89. The summed E-state index contributed by atoms with van der Waals surface area (Å²) in [5.74, 6) is 0. The Kier molecular flexibility index (Phi) is 3.90. The van der Waals surface area contributed by atoms with Gasteiger partial charge in [0.05, 0.1) is 19.3 Å². The lowest BCUT2D eigenvalue weighted by atomic mass is 10.1. The molecule has 0 atom stereocenters. The molecule has 90 valence electrons. The van der Waals surface area contributed by atoms with Gasteiger partial charge < -0.3 is 10.5 Å². The normalized spacial score (nSPS) is 10.7. The molecule has 0 spiro atoms. The van der Waals surface area contributed by atoms with Crippen molar-refractivity contribution in [3.8, 4) is 11.1 Å². The van der Waals surface area contributed by atoms with Gasteiger partial charge in [0, 0.05) is 25.4 Å². The third-order valence-corrected chi connectivity index (χ3v) is 2.65. The predicted molar refractivity (Wildman–Crippen MR) is 67.4 cm³/mol. The monoisotopic (exact) mass is 231 g/mol. The molecule has 1 heterocycles. The van der Waals surface area contributed by atoms with Gasteiger partial charge in [0.25, 0.3) is 0 Å². The first-order valence-electron chi connectivity index (χ1n) is 5.64. The van der Waals surface area contributed by atoms with E-state index in [-0.39, 0.29) is 0 Å². The topological polar surface area (TPSA) is 53.1 Å². The summed E-state index contributed by atoms with van der Waals surface area (Å²) in [6, 6.07) is 8.21. The molecule has 4 heteroatoms. The molecule has 0 amide bonds. The van der Waals surface area contributed by atoms with Gasteiger partial charge in [-0.2, -0.15) is 5.10 Å². The van der Waals surface area contributed by atoms with Crippen LogP contribution in [0.15, 0.2) is 36.7 Å². The van der Waals surface area contributed by atoms with Crippen LogP contribution in [0.5, 0.6) is 0 Å². The first kappa shape index (κ1) is 11.8. The average molecular weight is 231 g/mol. The molecular formula is C13H17N3O. The minimum absolute atomic E-state index is 0.561. The second-order valence-electron chi connectivity index (χ2n) is 3.89. The van der Waals surface area contributed by atoms with Crippen LogP contribution < -0.4 is 5.73 Å². The molecule has 0 bridgehead atoms. The number of methoxy groups -OCH3 is 1. The highest BCUT2D eigenvalue weighted by Crippen LogP contribution is 2.19. The van der Waals surface area contributed by atoms with Crippen LogP contribution in [0.3, 0.4) is 0 Å². The van der Waals surface area contributed by atoms with Gasteiger partial charge >= 0.3 is 0 Å². The van der Waals surface area contributed by atoms with E-state index < -0.39 is 0 Å². The van der Waals surface area contributed by atoms with Crippen LogP contribution >= 0.6 is 0 Å². The zero-order chi connectivity index (χ0) is 12.1. The highest BCUT2D eigenvalue weighted by molar-refractivity contribution is 5.62. The molecule has 0 fully saturated rings. The van der Waals surface area contributed by atoms with Gasteiger partial charge in [0.1, 0.15) is 0 Å². The van der Waals surface area contributed by atoms with Crippen molar-refractivity contribution in [1.29, 1.82) is 0 Å². The first-order chi connectivity index (χ1) is 8.33. The summed E-state index contributed by atoms with van der Waals surface area (Å²) in [4.78, 5) is 0. The largest absolute Gasteiger partial charge is 0.383 e. The second kappa shape index (κ2) is 5.61. The Labute approximate surface area is 101 Å². The molecule has 2 aromatic rings. The van der Waals surface area contributed by atoms with Gasteiger partial charge in [0.15, 0.2) is 0 Å². The van der Waals surface area contributed by atoms with Crippen molar-refractivity contribution in [3.05, 3.63) is 42.2 Å². The summed E-state index contributed by atoms with van der Waals surface area (Å²) in [5, 5.41) is 4.29. The van der Waals surface area contributed by atoms with Crippen LogP contribution in [0.4, 0.5) is 0 Å². The van der Waals surface area contributed by atoms with Crippen molar-refractivity contribution in [2.24, 2.45) is 5.73 Å². The molecule has 0 aliphatic rings. The smallest absolute Gasteiger partial charge is 0.0658 e. The number of nitrogens with zero attached hydrogens (tertiary/aromatic N) is 2. The predicted octanol–water partition coefficient (Wildman–Crippen LogP) is 1.66. The zero-order valence-electron chi connectivity index (χ0n) is 9.97. The Morgan fingerprint density at radius 3 is 3.00 bits per heavy atom. The lowest BCUT2D eigenvalue weighted by Crippen LogP contribution is -2.03. The number of benzene rings is 1. The number of nitrogens with two attached hydrogens (primary N) is 1. The van der Waals surface area contributed by atoms with Crippen molar-refractivity contribution in [2.45, 2.75) is 13.1 Å². The Hall–Kier alpha value is -1.65. The maximum Gasteiger partial charge on any atom is 0.0658 e. The zero-order valence-corrected chi connectivity index (χ0v) is 9.97. The van der Waals surface area contributed by atoms with Crippen LogP contribution in [0.2, 0.25) is 0 Å². The highest BCUT2D eigenvalue weighted by Gasteiger charge is 2.02. The van der Waals surface area contributed by atoms with Gasteiger partial charge in [-0.05, 0) is 17.2 Å². The fourth-order valence-corrected chi connectivity index (χ4v) is 1.70. The molecule has 4 nitrogen and oxygen atoms in total. The molecule has 0 aliphatic carbocycles. The summed E-state index contributed by atoms with van der Waals surface area (Å²) in [6.45, 7) is 2.00. The highest BCUT2D eigenvalue weighted by atomic mass is 16.5. The number of hydrogen-bond donors (Lipinski definition) is 1. The lowest BCUT2D eigenvalue weighted by molar-refractivity contribution is 0.183. The van der Waals surface area contributed by atoms with E-state index in [9.17, 15) is 0 Å². The molecule has 1 aromatic carbocycles. The van der Waals surface area contributed by atoms with Crippen LogP contribution in [0.1, 0.15) is 5.56 Å². The number of rotatable bonds is 5. The Morgan fingerprint density at radius 1 is 1.35 bits per heavy atom. The van der Waals surface area contributed by atoms with E-state index in [0.717, 1.165) is 23.2 Å². The molecule has 1 aromatic heterocycles. The molecule has 0 saturated heterocycles.